The van der Waals surface area contributed by atoms with Crippen molar-refractivity contribution >= 4 is 0 Å². The smallest absolute Gasteiger partial charge is 0.652 e. The standard InChI is InChI=1S/C16H18NO.Li/c1-13(15-8-10-16(18-2)11-9-15)17-12-14-6-4-3-5-7-14;/h3-11,13H,12H2,1-2H3;/q-1;+1/t13-;/m1./s1. The molecule has 0 aliphatic carbocycles. The summed E-state index contributed by atoms with van der Waals surface area (Å²) >= 11 is 0. The van der Waals surface area contributed by atoms with Crippen molar-refractivity contribution in [3.05, 3.63) is 71.0 Å². The maximum Gasteiger partial charge on any atom is 1.00 e. The first-order valence-electron chi connectivity index (χ1n) is 6.14. The summed E-state index contributed by atoms with van der Waals surface area (Å²) in [5, 5.41) is 4.68. The molecule has 0 unspecified atom stereocenters. The van der Waals surface area contributed by atoms with Crippen LogP contribution in [-0.4, -0.2) is 7.11 Å². The molecule has 2 nitrogen and oxygen atoms in total. The van der Waals surface area contributed by atoms with Gasteiger partial charge in [-0.1, -0.05) is 60.5 Å². The van der Waals surface area contributed by atoms with Gasteiger partial charge in [0.25, 0.3) is 0 Å². The van der Waals surface area contributed by atoms with Crippen LogP contribution < -0.4 is 23.6 Å². The van der Waals surface area contributed by atoms with E-state index < -0.39 is 0 Å². The topological polar surface area (TPSA) is 23.3 Å². The van der Waals surface area contributed by atoms with Crippen LogP contribution >= 0.6 is 0 Å². The Hall–Kier alpha value is -1.20. The van der Waals surface area contributed by atoms with Crippen LogP contribution in [-0.2, 0) is 6.54 Å². The van der Waals surface area contributed by atoms with Crippen molar-refractivity contribution in [3.63, 3.8) is 0 Å². The summed E-state index contributed by atoms with van der Waals surface area (Å²) in [6.45, 7) is 2.87. The number of rotatable bonds is 5. The predicted octanol–water partition coefficient (Wildman–Crippen LogP) is 1.33. The number of benzene rings is 2. The Morgan fingerprint density at radius 1 is 1.00 bits per heavy atom. The average Bonchev–Trinajstić information content (AvgIpc) is 2.46. The third-order valence-corrected chi connectivity index (χ3v) is 2.99. The molecule has 94 valence electrons. The fourth-order valence-corrected chi connectivity index (χ4v) is 1.81. The Balaban J connectivity index is 0.00000180. The minimum atomic E-state index is 0. The van der Waals surface area contributed by atoms with E-state index in [4.69, 9.17) is 4.74 Å². The van der Waals surface area contributed by atoms with Gasteiger partial charge in [-0.3, -0.25) is 0 Å². The van der Waals surface area contributed by atoms with Crippen molar-refractivity contribution in [2.24, 2.45) is 0 Å². The monoisotopic (exact) mass is 247 g/mol. The molecule has 1 atom stereocenters. The average molecular weight is 247 g/mol. The first kappa shape index (κ1) is 15.9. The van der Waals surface area contributed by atoms with Gasteiger partial charge in [-0.25, -0.2) is 0 Å². The van der Waals surface area contributed by atoms with Gasteiger partial charge in [0.15, 0.2) is 0 Å². The van der Waals surface area contributed by atoms with Crippen LogP contribution in [0.4, 0.5) is 0 Å². The zero-order valence-electron chi connectivity index (χ0n) is 11.8. The van der Waals surface area contributed by atoms with Gasteiger partial charge in [0.1, 0.15) is 5.75 Å². The summed E-state index contributed by atoms with van der Waals surface area (Å²) in [5.74, 6) is 0.883. The van der Waals surface area contributed by atoms with Crippen molar-refractivity contribution in [1.29, 1.82) is 0 Å². The maximum atomic E-state index is 5.15. The van der Waals surface area contributed by atoms with Crippen molar-refractivity contribution in [2.75, 3.05) is 7.11 Å². The summed E-state index contributed by atoms with van der Waals surface area (Å²) in [6.07, 6.45) is 0. The number of ether oxygens (including phenoxy) is 1. The van der Waals surface area contributed by atoms with E-state index in [9.17, 15) is 0 Å². The van der Waals surface area contributed by atoms with Gasteiger partial charge >= 0.3 is 18.9 Å². The molecule has 0 heterocycles. The van der Waals surface area contributed by atoms with Crippen LogP contribution in [0.5, 0.6) is 5.75 Å². The first-order chi connectivity index (χ1) is 8.79. The molecule has 0 aromatic heterocycles. The largest absolute Gasteiger partial charge is 1.00 e. The normalized spacial score (nSPS) is 11.5. The third-order valence-electron chi connectivity index (χ3n) is 2.99. The van der Waals surface area contributed by atoms with Gasteiger partial charge in [0, 0.05) is 0 Å². The van der Waals surface area contributed by atoms with E-state index in [1.807, 2.05) is 30.3 Å². The molecule has 0 saturated heterocycles. The molecule has 0 aliphatic rings. The molecule has 2 aromatic carbocycles. The van der Waals surface area contributed by atoms with E-state index in [-0.39, 0.29) is 24.9 Å². The zero-order chi connectivity index (χ0) is 12.8. The Kier molecular flexibility index (Phi) is 6.73. The Labute approximate surface area is 127 Å². The molecule has 0 radical (unpaired) electrons. The van der Waals surface area contributed by atoms with Crippen molar-refractivity contribution in [2.45, 2.75) is 19.5 Å². The third kappa shape index (κ3) is 4.76. The molecule has 19 heavy (non-hydrogen) atoms. The van der Waals surface area contributed by atoms with Crippen LogP contribution in [0.15, 0.2) is 54.6 Å². The molecule has 0 spiro atoms. The summed E-state index contributed by atoms with van der Waals surface area (Å²) in [4.78, 5) is 0. The van der Waals surface area contributed by atoms with Gasteiger partial charge in [-0.2, -0.15) is 0 Å². The number of methoxy groups -OCH3 is 1. The molecule has 2 aromatic rings. The number of nitrogens with zero attached hydrogens (tertiary/aromatic N) is 1. The van der Waals surface area contributed by atoms with Crippen molar-refractivity contribution < 1.29 is 23.6 Å². The van der Waals surface area contributed by atoms with Crippen LogP contribution in [0.2, 0.25) is 0 Å². The summed E-state index contributed by atoms with van der Waals surface area (Å²) in [5.41, 5.74) is 2.46. The van der Waals surface area contributed by atoms with Crippen molar-refractivity contribution in [1.82, 2.24) is 0 Å². The fraction of sp³-hybridized carbons (Fsp3) is 0.250. The minimum Gasteiger partial charge on any atom is -0.652 e. The Bertz CT molecular complexity index is 470. The molecular formula is C16H18LiNO. The second-order valence-corrected chi connectivity index (χ2v) is 4.28. The fourth-order valence-electron chi connectivity index (χ4n) is 1.81. The van der Waals surface area contributed by atoms with E-state index in [1.54, 1.807) is 7.11 Å². The SMILES string of the molecule is COc1ccc([C@@H](C)[N-]Cc2ccccc2)cc1.[Li+]. The van der Waals surface area contributed by atoms with E-state index in [0.717, 1.165) is 12.3 Å². The Morgan fingerprint density at radius 3 is 2.21 bits per heavy atom. The van der Waals surface area contributed by atoms with E-state index >= 15 is 0 Å². The van der Waals surface area contributed by atoms with Crippen LogP contribution in [0.3, 0.4) is 0 Å². The quantitative estimate of drug-likeness (QED) is 0.731. The van der Waals surface area contributed by atoms with E-state index in [0.29, 0.717) is 0 Å². The van der Waals surface area contributed by atoms with E-state index in [2.05, 4.69) is 36.5 Å². The molecule has 3 heteroatoms. The maximum absolute atomic E-state index is 5.15. The summed E-state index contributed by atoms with van der Waals surface area (Å²) in [7, 11) is 1.68. The number of hydrogen-bond donors (Lipinski definition) is 0. The Morgan fingerprint density at radius 2 is 1.63 bits per heavy atom. The second-order valence-electron chi connectivity index (χ2n) is 4.28. The molecule has 0 N–H and O–H groups in total. The molecule has 2 rings (SSSR count). The van der Waals surface area contributed by atoms with Gasteiger partial charge in [-0.15, -0.1) is 12.6 Å². The molecule has 0 bridgehead atoms. The zero-order valence-corrected chi connectivity index (χ0v) is 11.8. The van der Waals surface area contributed by atoms with Gasteiger partial charge in [-0.05, 0) is 12.1 Å². The van der Waals surface area contributed by atoms with E-state index in [1.165, 1.54) is 11.1 Å². The van der Waals surface area contributed by atoms with Crippen LogP contribution in [0, 0.1) is 0 Å². The van der Waals surface area contributed by atoms with Crippen LogP contribution in [0.1, 0.15) is 24.1 Å². The molecular weight excluding hydrogens is 229 g/mol. The summed E-state index contributed by atoms with van der Waals surface area (Å²) in [6, 6.07) is 18.6. The molecule has 0 saturated carbocycles. The molecule has 0 fully saturated rings. The van der Waals surface area contributed by atoms with Crippen molar-refractivity contribution in [3.8, 4) is 5.75 Å². The number of hydrogen-bond acceptors (Lipinski definition) is 1. The first-order valence-corrected chi connectivity index (χ1v) is 6.14. The van der Waals surface area contributed by atoms with Gasteiger partial charge in [0.05, 0.1) is 7.11 Å². The molecule has 0 aliphatic heterocycles. The molecule has 0 amide bonds. The van der Waals surface area contributed by atoms with Crippen LogP contribution in [0.25, 0.3) is 5.32 Å². The minimum absolute atomic E-state index is 0. The summed E-state index contributed by atoms with van der Waals surface area (Å²) < 4.78 is 5.15. The second kappa shape index (κ2) is 8.07. The van der Waals surface area contributed by atoms with Gasteiger partial charge < -0.3 is 10.1 Å². The van der Waals surface area contributed by atoms with Gasteiger partial charge in [0.2, 0.25) is 0 Å². The predicted molar refractivity (Wildman–Crippen MR) is 74.9 cm³/mol.